The van der Waals surface area contributed by atoms with E-state index < -0.39 is 0 Å². The molecule has 1 saturated carbocycles. The number of rotatable bonds is 6. The highest BCUT2D eigenvalue weighted by Crippen LogP contribution is 2.28. The molecule has 0 saturated heterocycles. The van der Waals surface area contributed by atoms with Crippen LogP contribution in [0.3, 0.4) is 0 Å². The molecule has 5 nitrogen and oxygen atoms in total. The number of aryl methyl sites for hydroxylation is 1. The lowest BCUT2D eigenvalue weighted by atomic mass is 10.1. The summed E-state index contributed by atoms with van der Waals surface area (Å²) in [4.78, 5) is 30.7. The van der Waals surface area contributed by atoms with E-state index >= 15 is 0 Å². The molecular weight excluding hydrogens is 286 g/mol. The highest BCUT2D eigenvalue weighted by atomic mass is 32.1. The highest BCUT2D eigenvalue weighted by Gasteiger charge is 2.27. The first-order valence-corrected chi connectivity index (χ1v) is 8.26. The molecule has 0 radical (unpaired) electrons. The number of amides is 2. The number of carbonyl (C=O) groups is 2. The Balaban J connectivity index is 2.13. The molecule has 0 atom stereocenters. The molecule has 1 heterocycles. The number of thiazole rings is 1. The van der Waals surface area contributed by atoms with Crippen LogP contribution in [0.25, 0.3) is 0 Å². The smallest absolute Gasteiger partial charge is 0.263 e. The summed E-state index contributed by atoms with van der Waals surface area (Å²) in [6, 6.07) is 0.326. The van der Waals surface area contributed by atoms with Crippen molar-refractivity contribution >= 4 is 28.3 Å². The largest absolute Gasteiger partial charge is 0.349 e. The maximum Gasteiger partial charge on any atom is 0.263 e. The van der Waals surface area contributed by atoms with Gasteiger partial charge in [0.1, 0.15) is 4.88 Å². The molecule has 116 valence electrons. The number of carbonyl (C=O) groups excluding carboxylic acids is 2. The molecule has 6 heteroatoms. The van der Waals surface area contributed by atoms with Gasteiger partial charge in [0.25, 0.3) is 5.91 Å². The number of hydrogen-bond acceptors (Lipinski definition) is 4. The van der Waals surface area contributed by atoms with Gasteiger partial charge in [-0.2, -0.15) is 0 Å². The summed E-state index contributed by atoms with van der Waals surface area (Å²) in [5.41, 5.74) is 0.698. The molecular formula is C15H23N3O2S. The zero-order valence-electron chi connectivity index (χ0n) is 13.1. The summed E-state index contributed by atoms with van der Waals surface area (Å²) in [5.74, 6) is 0.426. The second-order valence-corrected chi connectivity index (χ2v) is 6.99. The van der Waals surface area contributed by atoms with Crippen molar-refractivity contribution < 1.29 is 9.59 Å². The summed E-state index contributed by atoms with van der Waals surface area (Å²) in [5, 5.41) is 3.60. The van der Waals surface area contributed by atoms with E-state index in [2.05, 4.69) is 24.1 Å². The lowest BCUT2D eigenvalue weighted by Crippen LogP contribution is -2.30. The minimum Gasteiger partial charge on any atom is -0.349 e. The predicted octanol–water partition coefficient (Wildman–Crippen LogP) is 2.74. The first-order chi connectivity index (χ1) is 9.88. The molecule has 2 rings (SSSR count). The van der Waals surface area contributed by atoms with Gasteiger partial charge in [-0.3, -0.25) is 14.5 Å². The van der Waals surface area contributed by atoms with Crippen LogP contribution in [-0.4, -0.2) is 29.4 Å². The fraction of sp³-hybridized carbons (Fsp3) is 0.667. The van der Waals surface area contributed by atoms with Crippen molar-refractivity contribution in [3.63, 3.8) is 0 Å². The Kier molecular flexibility index (Phi) is 4.98. The lowest BCUT2D eigenvalue weighted by Gasteiger charge is -2.18. The fourth-order valence-corrected chi connectivity index (χ4v) is 3.00. The van der Waals surface area contributed by atoms with E-state index in [9.17, 15) is 9.59 Å². The lowest BCUT2D eigenvalue weighted by molar-refractivity contribution is -0.116. The first kappa shape index (κ1) is 15.9. The van der Waals surface area contributed by atoms with Gasteiger partial charge in [-0.1, -0.05) is 25.2 Å². The summed E-state index contributed by atoms with van der Waals surface area (Å²) in [6.07, 6.45) is 3.04. The predicted molar refractivity (Wildman–Crippen MR) is 84.8 cm³/mol. The average Bonchev–Trinajstić information content (AvgIpc) is 3.10. The molecule has 0 spiro atoms. The molecule has 1 fully saturated rings. The van der Waals surface area contributed by atoms with Crippen molar-refractivity contribution in [2.45, 2.75) is 53.0 Å². The standard InChI is InChI=1S/C15H23N3O2S/c1-9(2)7-8-18(11(4)19)15-16-10(3)13(21-15)14(20)17-12-5-6-12/h9,12H,5-8H2,1-4H3,(H,17,20). The van der Waals surface area contributed by atoms with Crippen LogP contribution in [0.5, 0.6) is 0 Å². The van der Waals surface area contributed by atoms with Crippen molar-refractivity contribution in [3.05, 3.63) is 10.6 Å². The third-order valence-corrected chi connectivity index (χ3v) is 4.62. The van der Waals surface area contributed by atoms with E-state index in [-0.39, 0.29) is 11.8 Å². The second kappa shape index (κ2) is 6.56. The summed E-state index contributed by atoms with van der Waals surface area (Å²) < 4.78 is 0. The number of hydrogen-bond donors (Lipinski definition) is 1. The number of anilines is 1. The van der Waals surface area contributed by atoms with Crippen LogP contribution in [0.4, 0.5) is 5.13 Å². The highest BCUT2D eigenvalue weighted by molar-refractivity contribution is 7.17. The zero-order chi connectivity index (χ0) is 15.6. The second-order valence-electron chi connectivity index (χ2n) is 6.01. The van der Waals surface area contributed by atoms with Crippen LogP contribution in [-0.2, 0) is 4.79 Å². The van der Waals surface area contributed by atoms with Crippen molar-refractivity contribution in [3.8, 4) is 0 Å². The molecule has 1 aromatic rings. The van der Waals surface area contributed by atoms with Crippen LogP contribution in [0, 0.1) is 12.8 Å². The van der Waals surface area contributed by atoms with Crippen molar-refractivity contribution in [1.29, 1.82) is 0 Å². The van der Waals surface area contributed by atoms with E-state index in [1.165, 1.54) is 11.3 Å². The van der Waals surface area contributed by atoms with E-state index in [4.69, 9.17) is 0 Å². The molecule has 1 N–H and O–H groups in total. The Labute approximate surface area is 129 Å². The van der Waals surface area contributed by atoms with Crippen molar-refractivity contribution in [1.82, 2.24) is 10.3 Å². The van der Waals surface area contributed by atoms with Crippen LogP contribution < -0.4 is 10.2 Å². The van der Waals surface area contributed by atoms with Gasteiger partial charge in [-0.05, 0) is 32.1 Å². The van der Waals surface area contributed by atoms with Gasteiger partial charge in [0, 0.05) is 19.5 Å². The minimum absolute atomic E-state index is 0.0291. The topological polar surface area (TPSA) is 62.3 Å². The number of aromatic nitrogens is 1. The molecule has 1 aliphatic carbocycles. The van der Waals surface area contributed by atoms with Crippen molar-refractivity contribution in [2.24, 2.45) is 5.92 Å². The normalized spacial score (nSPS) is 14.3. The van der Waals surface area contributed by atoms with Gasteiger partial charge in [0.15, 0.2) is 5.13 Å². The van der Waals surface area contributed by atoms with E-state index in [0.717, 1.165) is 19.3 Å². The minimum atomic E-state index is -0.0638. The maximum absolute atomic E-state index is 12.1. The molecule has 0 aliphatic heterocycles. The monoisotopic (exact) mass is 309 g/mol. The summed E-state index contributed by atoms with van der Waals surface area (Å²) in [6.45, 7) is 8.26. The third kappa shape index (κ3) is 4.27. The summed E-state index contributed by atoms with van der Waals surface area (Å²) >= 11 is 1.31. The number of nitrogens with one attached hydrogen (secondary N) is 1. The van der Waals surface area contributed by atoms with Crippen LogP contribution in [0.1, 0.15) is 55.4 Å². The van der Waals surface area contributed by atoms with E-state index in [1.54, 1.807) is 11.8 Å². The maximum atomic E-state index is 12.1. The zero-order valence-corrected chi connectivity index (χ0v) is 13.9. The molecule has 0 unspecified atom stereocenters. The number of nitrogens with zero attached hydrogens (tertiary/aromatic N) is 2. The Morgan fingerprint density at radius 3 is 2.62 bits per heavy atom. The van der Waals surface area contributed by atoms with Gasteiger partial charge < -0.3 is 5.32 Å². The Hall–Kier alpha value is -1.43. The first-order valence-electron chi connectivity index (χ1n) is 7.45. The van der Waals surface area contributed by atoms with Crippen LogP contribution in [0.15, 0.2) is 0 Å². The Bertz CT molecular complexity index is 535. The van der Waals surface area contributed by atoms with Crippen LogP contribution >= 0.6 is 11.3 Å². The third-order valence-electron chi connectivity index (χ3n) is 3.45. The van der Waals surface area contributed by atoms with E-state index in [0.29, 0.717) is 34.2 Å². The molecule has 1 aromatic heterocycles. The van der Waals surface area contributed by atoms with Gasteiger partial charge in [0.05, 0.1) is 5.69 Å². The molecule has 21 heavy (non-hydrogen) atoms. The summed E-state index contributed by atoms with van der Waals surface area (Å²) in [7, 11) is 0. The fourth-order valence-electron chi connectivity index (χ4n) is 1.96. The molecule has 1 aliphatic rings. The quantitative estimate of drug-likeness (QED) is 0.879. The van der Waals surface area contributed by atoms with Gasteiger partial charge in [0.2, 0.25) is 5.91 Å². The molecule has 0 bridgehead atoms. The Morgan fingerprint density at radius 2 is 2.10 bits per heavy atom. The van der Waals surface area contributed by atoms with Gasteiger partial charge in [-0.15, -0.1) is 0 Å². The van der Waals surface area contributed by atoms with Crippen LogP contribution in [0.2, 0.25) is 0 Å². The molecule has 2 amide bonds. The van der Waals surface area contributed by atoms with Crippen molar-refractivity contribution in [2.75, 3.05) is 11.4 Å². The average molecular weight is 309 g/mol. The van der Waals surface area contributed by atoms with E-state index in [1.807, 2.05) is 6.92 Å². The Morgan fingerprint density at radius 1 is 1.43 bits per heavy atom. The SMILES string of the molecule is CC(=O)N(CCC(C)C)c1nc(C)c(C(=O)NC2CC2)s1. The van der Waals surface area contributed by atoms with Gasteiger partial charge in [-0.25, -0.2) is 4.98 Å². The van der Waals surface area contributed by atoms with Gasteiger partial charge >= 0.3 is 0 Å². The molecule has 0 aromatic carbocycles.